The molecule has 8 heteroatoms. The number of methoxy groups -OCH3 is 1. The van der Waals surface area contributed by atoms with Gasteiger partial charge >= 0.3 is 5.97 Å². The minimum absolute atomic E-state index is 0.00430. The molecule has 0 spiro atoms. The third kappa shape index (κ3) is 7.79. The summed E-state index contributed by atoms with van der Waals surface area (Å²) >= 11 is 0. The Bertz CT molecular complexity index is 1170. The van der Waals surface area contributed by atoms with E-state index < -0.39 is 18.1 Å². The molecule has 0 radical (unpaired) electrons. The quantitative estimate of drug-likeness (QED) is 0.420. The van der Waals surface area contributed by atoms with Crippen LogP contribution < -0.4 is 5.32 Å². The van der Waals surface area contributed by atoms with Gasteiger partial charge < -0.3 is 24.8 Å². The molecule has 2 heterocycles. The molecule has 4 rings (SSSR count). The van der Waals surface area contributed by atoms with Crippen molar-refractivity contribution in [2.75, 3.05) is 20.3 Å². The molecule has 0 saturated heterocycles. The summed E-state index contributed by atoms with van der Waals surface area (Å²) in [5, 5.41) is 13.1. The average molecular weight is 549 g/mol. The lowest BCUT2D eigenvalue weighted by Gasteiger charge is -2.37. The highest BCUT2D eigenvalue weighted by Gasteiger charge is 2.34. The van der Waals surface area contributed by atoms with E-state index in [4.69, 9.17) is 9.47 Å². The first kappa shape index (κ1) is 29.5. The predicted octanol–water partition coefficient (Wildman–Crippen LogP) is 3.87. The molecule has 2 aromatic rings. The maximum absolute atomic E-state index is 13.7. The number of carbonyl (C=O) groups is 3. The molecule has 214 valence electrons. The van der Waals surface area contributed by atoms with E-state index in [2.05, 4.69) is 5.32 Å². The molecule has 40 heavy (non-hydrogen) atoms. The summed E-state index contributed by atoms with van der Waals surface area (Å²) in [7, 11) is 1.54. The van der Waals surface area contributed by atoms with Crippen molar-refractivity contribution in [3.63, 3.8) is 0 Å². The highest BCUT2D eigenvalue weighted by molar-refractivity contribution is 5.86. The zero-order chi connectivity index (χ0) is 28.3. The molecule has 0 saturated carbocycles. The summed E-state index contributed by atoms with van der Waals surface area (Å²) < 4.78 is 11.3. The number of benzene rings is 2. The number of nitrogens with zero attached hydrogens (tertiary/aromatic N) is 1. The number of fused-ring (bicyclic) bond motifs is 1. The number of esters is 1. The van der Waals surface area contributed by atoms with Crippen LogP contribution in [0.1, 0.15) is 61.3 Å². The van der Waals surface area contributed by atoms with Crippen molar-refractivity contribution < 1.29 is 29.0 Å². The monoisotopic (exact) mass is 548 g/mol. The maximum Gasteiger partial charge on any atom is 0.306 e. The summed E-state index contributed by atoms with van der Waals surface area (Å²) in [6, 6.07) is 16.3. The van der Waals surface area contributed by atoms with Crippen LogP contribution >= 0.6 is 0 Å². The van der Waals surface area contributed by atoms with Crippen LogP contribution in [0.15, 0.2) is 66.7 Å². The molecule has 0 aromatic heterocycles. The summed E-state index contributed by atoms with van der Waals surface area (Å²) in [6.45, 7) is 0.393. The van der Waals surface area contributed by atoms with Gasteiger partial charge in [0.2, 0.25) is 11.8 Å². The van der Waals surface area contributed by atoms with Gasteiger partial charge in [0, 0.05) is 26.5 Å². The van der Waals surface area contributed by atoms with Gasteiger partial charge in [-0.25, -0.2) is 0 Å². The molecule has 8 nitrogen and oxygen atoms in total. The van der Waals surface area contributed by atoms with Crippen LogP contribution in [0.5, 0.6) is 0 Å². The normalized spacial score (nSPS) is 24.4. The van der Waals surface area contributed by atoms with E-state index in [1.54, 1.807) is 4.90 Å². The third-order valence-electron chi connectivity index (χ3n) is 7.69. The molecule has 0 aliphatic carbocycles. The minimum atomic E-state index is -0.732. The standard InChI is InChI=1S/C32H40N2O6/c1-39-22-28-31(23-12-7-5-8-13-23)40-30(37)17-9-4-2-3-6-15-25(32(38)33-28)19-29(36)34-20-26-16-11-10-14-24(26)18-27(34)21-35/h3,5-8,10-14,16,25,27-28,31,35H,2,4,9,15,17-22H2,1H3,(H,33,38). The number of allylic oxidation sites excluding steroid dienone is 2. The first-order valence-electron chi connectivity index (χ1n) is 14.2. The fourth-order valence-corrected chi connectivity index (χ4v) is 5.47. The van der Waals surface area contributed by atoms with Crippen LogP contribution in [0.4, 0.5) is 0 Å². The Hall–Kier alpha value is -3.49. The number of nitrogens with one attached hydrogen (secondary N) is 1. The fourth-order valence-electron chi connectivity index (χ4n) is 5.47. The summed E-state index contributed by atoms with van der Waals surface area (Å²) in [5.41, 5.74) is 2.95. The van der Waals surface area contributed by atoms with E-state index in [-0.39, 0.29) is 43.5 Å². The largest absolute Gasteiger partial charge is 0.455 e. The number of rotatable bonds is 6. The van der Waals surface area contributed by atoms with E-state index in [1.807, 2.05) is 66.7 Å². The predicted molar refractivity (Wildman–Crippen MR) is 151 cm³/mol. The van der Waals surface area contributed by atoms with Gasteiger partial charge in [0.05, 0.1) is 31.2 Å². The second-order valence-corrected chi connectivity index (χ2v) is 10.6. The molecule has 2 N–H and O–H groups in total. The van der Waals surface area contributed by atoms with Crippen molar-refractivity contribution in [2.45, 2.75) is 69.7 Å². The van der Waals surface area contributed by atoms with E-state index >= 15 is 0 Å². The number of ether oxygens (including phenoxy) is 2. The zero-order valence-corrected chi connectivity index (χ0v) is 23.2. The first-order valence-corrected chi connectivity index (χ1v) is 14.2. The van der Waals surface area contributed by atoms with Gasteiger partial charge in [-0.3, -0.25) is 14.4 Å². The highest BCUT2D eigenvalue weighted by atomic mass is 16.5. The number of carbonyl (C=O) groups excluding carboxylic acids is 3. The molecule has 4 unspecified atom stereocenters. The van der Waals surface area contributed by atoms with E-state index in [0.717, 1.165) is 29.5 Å². The summed E-state index contributed by atoms with van der Waals surface area (Å²) in [6.07, 6.45) is 6.82. The Balaban J connectivity index is 1.57. The number of hydrogen-bond donors (Lipinski definition) is 2. The van der Waals surface area contributed by atoms with Crippen LogP contribution in [0, 0.1) is 5.92 Å². The van der Waals surface area contributed by atoms with Crippen molar-refractivity contribution in [3.05, 3.63) is 83.4 Å². The molecule has 2 amide bonds. The zero-order valence-electron chi connectivity index (χ0n) is 23.2. The van der Waals surface area contributed by atoms with Gasteiger partial charge in [0.25, 0.3) is 0 Å². The Morgan fingerprint density at radius 3 is 2.55 bits per heavy atom. The lowest BCUT2D eigenvalue weighted by Crippen LogP contribution is -2.49. The van der Waals surface area contributed by atoms with Gasteiger partial charge in [-0.15, -0.1) is 0 Å². The molecule has 2 aliphatic heterocycles. The molecule has 2 aromatic carbocycles. The van der Waals surface area contributed by atoms with Crippen LogP contribution in [-0.2, 0) is 36.8 Å². The lowest BCUT2D eigenvalue weighted by molar-refractivity contribution is -0.153. The second kappa shape index (κ2) is 14.8. The van der Waals surface area contributed by atoms with Crippen LogP contribution in [0.2, 0.25) is 0 Å². The van der Waals surface area contributed by atoms with Gasteiger partial charge in [-0.2, -0.15) is 0 Å². The molecule has 4 atom stereocenters. The van der Waals surface area contributed by atoms with Gasteiger partial charge in [0.15, 0.2) is 0 Å². The van der Waals surface area contributed by atoms with Crippen LogP contribution in [0.3, 0.4) is 0 Å². The first-order chi connectivity index (χ1) is 19.5. The molecular weight excluding hydrogens is 508 g/mol. The molecule has 0 fully saturated rings. The van der Waals surface area contributed by atoms with Crippen molar-refractivity contribution in [1.82, 2.24) is 10.2 Å². The Morgan fingerprint density at radius 2 is 1.80 bits per heavy atom. The van der Waals surface area contributed by atoms with Gasteiger partial charge in [-0.1, -0.05) is 66.7 Å². The lowest BCUT2D eigenvalue weighted by atomic mass is 9.92. The number of aliphatic hydroxyl groups excluding tert-OH is 1. The SMILES string of the molecule is COCC1NC(=O)C(CC(=O)N2Cc3ccccc3CC2CO)CC=CCCCCC(=O)OC1c1ccccc1. The van der Waals surface area contributed by atoms with E-state index in [9.17, 15) is 19.5 Å². The highest BCUT2D eigenvalue weighted by Crippen LogP contribution is 2.27. The second-order valence-electron chi connectivity index (χ2n) is 10.6. The van der Waals surface area contributed by atoms with E-state index in [1.165, 1.54) is 7.11 Å². The molecular formula is C32H40N2O6. The smallest absolute Gasteiger partial charge is 0.306 e. The van der Waals surface area contributed by atoms with E-state index in [0.29, 0.717) is 32.2 Å². The van der Waals surface area contributed by atoms with Gasteiger partial charge in [-0.05, 0) is 48.8 Å². The maximum atomic E-state index is 13.7. The number of hydrogen-bond acceptors (Lipinski definition) is 6. The number of cyclic esters (lactones) is 1. The minimum Gasteiger partial charge on any atom is -0.455 e. The van der Waals surface area contributed by atoms with Crippen molar-refractivity contribution in [2.24, 2.45) is 5.92 Å². The van der Waals surface area contributed by atoms with Crippen molar-refractivity contribution in [1.29, 1.82) is 0 Å². The van der Waals surface area contributed by atoms with Crippen molar-refractivity contribution >= 4 is 17.8 Å². The summed E-state index contributed by atoms with van der Waals surface area (Å²) in [5.74, 6) is -1.42. The van der Waals surface area contributed by atoms with Gasteiger partial charge in [0.1, 0.15) is 6.10 Å². The fraction of sp³-hybridized carbons (Fsp3) is 0.469. The molecule has 2 aliphatic rings. The number of aliphatic hydroxyl groups is 1. The number of amides is 2. The Labute approximate surface area is 236 Å². The topological polar surface area (TPSA) is 105 Å². The van der Waals surface area contributed by atoms with Crippen LogP contribution in [-0.4, -0.2) is 60.2 Å². The Morgan fingerprint density at radius 1 is 1.05 bits per heavy atom. The van der Waals surface area contributed by atoms with Crippen molar-refractivity contribution in [3.8, 4) is 0 Å². The average Bonchev–Trinajstić information content (AvgIpc) is 2.97. The summed E-state index contributed by atoms with van der Waals surface area (Å²) in [4.78, 5) is 41.8. The molecule has 0 bridgehead atoms. The Kier molecular flexibility index (Phi) is 10.9. The van der Waals surface area contributed by atoms with Crippen LogP contribution in [0.25, 0.3) is 0 Å². The third-order valence-corrected chi connectivity index (χ3v) is 7.69.